The molecule has 0 aliphatic rings. The monoisotopic (exact) mass is 285 g/mol. The maximum Gasteiger partial charge on any atom is 0.142 e. The summed E-state index contributed by atoms with van der Waals surface area (Å²) in [5.74, 6) is -1.79. The number of benzene rings is 2. The van der Waals surface area contributed by atoms with E-state index >= 15 is 0 Å². The van der Waals surface area contributed by atoms with Crippen LogP contribution in [0.4, 0.5) is 13.2 Å². The largest absolute Gasteiger partial charge is 0.309 e. The van der Waals surface area contributed by atoms with E-state index in [9.17, 15) is 13.2 Å². The van der Waals surface area contributed by atoms with Crippen molar-refractivity contribution in [3.05, 3.63) is 70.0 Å². The lowest BCUT2D eigenvalue weighted by Gasteiger charge is -2.18. The molecule has 0 bridgehead atoms. The Morgan fingerprint density at radius 3 is 2.42 bits per heavy atom. The van der Waals surface area contributed by atoms with Gasteiger partial charge in [0.05, 0.1) is 11.1 Å². The van der Waals surface area contributed by atoms with Gasteiger partial charge >= 0.3 is 0 Å². The second kappa shape index (κ2) is 5.63. The molecule has 0 heterocycles. The van der Waals surface area contributed by atoms with E-state index in [1.54, 1.807) is 13.1 Å². The molecule has 0 radical (unpaired) electrons. The topological polar surface area (TPSA) is 12.0 Å². The highest BCUT2D eigenvalue weighted by atomic mass is 35.5. The summed E-state index contributed by atoms with van der Waals surface area (Å²) in [5.41, 5.74) is 0.582. The van der Waals surface area contributed by atoms with Gasteiger partial charge in [-0.3, -0.25) is 0 Å². The van der Waals surface area contributed by atoms with Crippen molar-refractivity contribution in [1.29, 1.82) is 0 Å². The normalized spacial score (nSPS) is 12.5. The van der Waals surface area contributed by atoms with Gasteiger partial charge in [0.2, 0.25) is 0 Å². The van der Waals surface area contributed by atoms with Crippen LogP contribution >= 0.6 is 11.6 Å². The summed E-state index contributed by atoms with van der Waals surface area (Å²) < 4.78 is 40.5. The summed E-state index contributed by atoms with van der Waals surface area (Å²) in [6.07, 6.45) is 0. The maximum absolute atomic E-state index is 13.9. The van der Waals surface area contributed by atoms with Gasteiger partial charge in [0.1, 0.15) is 17.5 Å². The maximum atomic E-state index is 13.9. The van der Waals surface area contributed by atoms with E-state index in [1.807, 2.05) is 0 Å². The first-order chi connectivity index (χ1) is 9.02. The van der Waals surface area contributed by atoms with Crippen molar-refractivity contribution in [3.8, 4) is 0 Å². The van der Waals surface area contributed by atoms with Gasteiger partial charge in [-0.2, -0.15) is 0 Å². The van der Waals surface area contributed by atoms with Crippen LogP contribution in [-0.4, -0.2) is 7.05 Å². The van der Waals surface area contributed by atoms with E-state index in [-0.39, 0.29) is 10.6 Å². The van der Waals surface area contributed by atoms with Crippen LogP contribution in [0.25, 0.3) is 0 Å². The van der Waals surface area contributed by atoms with Gasteiger partial charge < -0.3 is 5.32 Å². The SMILES string of the molecule is CNC(c1cccc(F)c1)c1cc(F)c(Cl)cc1F. The third-order valence-corrected chi connectivity index (χ3v) is 3.11. The third-order valence-electron chi connectivity index (χ3n) is 2.82. The fourth-order valence-electron chi connectivity index (χ4n) is 1.95. The number of rotatable bonds is 3. The van der Waals surface area contributed by atoms with Crippen molar-refractivity contribution >= 4 is 11.6 Å². The third kappa shape index (κ3) is 2.91. The number of nitrogens with one attached hydrogen (secondary N) is 1. The van der Waals surface area contributed by atoms with Crippen molar-refractivity contribution in [3.63, 3.8) is 0 Å². The molecular formula is C14H11ClF3N. The van der Waals surface area contributed by atoms with E-state index in [0.29, 0.717) is 5.56 Å². The fraction of sp³-hybridized carbons (Fsp3) is 0.143. The molecule has 19 heavy (non-hydrogen) atoms. The average molecular weight is 286 g/mol. The minimum absolute atomic E-state index is 0.0787. The quantitative estimate of drug-likeness (QED) is 0.839. The molecule has 0 saturated carbocycles. The summed E-state index contributed by atoms with van der Waals surface area (Å²) in [6, 6.07) is 6.99. The van der Waals surface area contributed by atoms with E-state index < -0.39 is 23.5 Å². The molecule has 2 rings (SSSR count). The Morgan fingerprint density at radius 1 is 1.05 bits per heavy atom. The molecule has 1 unspecified atom stereocenters. The first-order valence-corrected chi connectivity index (χ1v) is 5.98. The van der Waals surface area contributed by atoms with Crippen LogP contribution < -0.4 is 5.32 Å². The first-order valence-electron chi connectivity index (χ1n) is 5.60. The first kappa shape index (κ1) is 13.9. The lowest BCUT2D eigenvalue weighted by Crippen LogP contribution is -2.19. The zero-order valence-electron chi connectivity index (χ0n) is 10.1. The molecule has 5 heteroatoms. The Bertz CT molecular complexity index is 601. The second-order valence-corrected chi connectivity index (χ2v) is 4.47. The standard InChI is InChI=1S/C14H11ClF3N/c1-19-14(8-3-2-4-9(16)5-8)10-6-13(18)11(15)7-12(10)17/h2-7,14,19H,1H3. The molecule has 1 nitrogen and oxygen atoms in total. The molecular weight excluding hydrogens is 275 g/mol. The van der Waals surface area contributed by atoms with E-state index in [2.05, 4.69) is 5.32 Å². The molecule has 2 aromatic carbocycles. The molecule has 2 aromatic rings. The Kier molecular flexibility index (Phi) is 4.12. The van der Waals surface area contributed by atoms with Gasteiger partial charge in [-0.05, 0) is 36.9 Å². The van der Waals surface area contributed by atoms with E-state index in [0.717, 1.165) is 12.1 Å². The molecule has 0 fully saturated rings. The number of hydrogen-bond donors (Lipinski definition) is 1. The van der Waals surface area contributed by atoms with Crippen LogP contribution in [0, 0.1) is 17.5 Å². The van der Waals surface area contributed by atoms with Gasteiger partial charge in [-0.25, -0.2) is 13.2 Å². The Labute approximate surface area is 114 Å². The van der Waals surface area contributed by atoms with Crippen molar-refractivity contribution < 1.29 is 13.2 Å². The highest BCUT2D eigenvalue weighted by molar-refractivity contribution is 6.30. The number of hydrogen-bond acceptors (Lipinski definition) is 1. The summed E-state index contributed by atoms with van der Waals surface area (Å²) in [5, 5.41) is 2.55. The van der Waals surface area contributed by atoms with Crippen LogP contribution in [0.2, 0.25) is 5.02 Å². The summed E-state index contributed by atoms with van der Waals surface area (Å²) in [6.45, 7) is 0. The molecule has 100 valence electrons. The van der Waals surface area contributed by atoms with Crippen molar-refractivity contribution in [2.45, 2.75) is 6.04 Å². The smallest absolute Gasteiger partial charge is 0.142 e. The van der Waals surface area contributed by atoms with Gasteiger partial charge in [-0.1, -0.05) is 23.7 Å². The molecule has 1 N–H and O–H groups in total. The van der Waals surface area contributed by atoms with Crippen molar-refractivity contribution in [1.82, 2.24) is 5.32 Å². The summed E-state index contributed by atoms with van der Waals surface area (Å²) in [7, 11) is 1.58. The van der Waals surface area contributed by atoms with Crippen LogP contribution in [-0.2, 0) is 0 Å². The van der Waals surface area contributed by atoms with E-state index in [1.165, 1.54) is 18.2 Å². The second-order valence-electron chi connectivity index (χ2n) is 4.06. The average Bonchev–Trinajstić information content (AvgIpc) is 2.36. The molecule has 0 spiro atoms. The molecule has 0 amide bonds. The van der Waals surface area contributed by atoms with E-state index in [4.69, 9.17) is 11.6 Å². The van der Waals surface area contributed by atoms with Gasteiger partial charge in [0.25, 0.3) is 0 Å². The van der Waals surface area contributed by atoms with Crippen molar-refractivity contribution in [2.75, 3.05) is 7.05 Å². The molecule has 1 atom stereocenters. The number of halogens is 4. The highest BCUT2D eigenvalue weighted by Crippen LogP contribution is 2.28. The van der Waals surface area contributed by atoms with Crippen LogP contribution in [0.15, 0.2) is 36.4 Å². The molecule has 0 aromatic heterocycles. The summed E-state index contributed by atoms with van der Waals surface area (Å²) >= 11 is 5.51. The van der Waals surface area contributed by atoms with Crippen LogP contribution in [0.3, 0.4) is 0 Å². The van der Waals surface area contributed by atoms with Crippen LogP contribution in [0.5, 0.6) is 0 Å². The summed E-state index contributed by atoms with van der Waals surface area (Å²) in [4.78, 5) is 0. The lowest BCUT2D eigenvalue weighted by atomic mass is 9.98. The Hall–Kier alpha value is -1.52. The van der Waals surface area contributed by atoms with Gasteiger partial charge in [-0.15, -0.1) is 0 Å². The van der Waals surface area contributed by atoms with Gasteiger partial charge in [0.15, 0.2) is 0 Å². The fourth-order valence-corrected chi connectivity index (χ4v) is 2.10. The minimum Gasteiger partial charge on any atom is -0.309 e. The predicted molar refractivity (Wildman–Crippen MR) is 68.7 cm³/mol. The predicted octanol–water partition coefficient (Wildman–Crippen LogP) is 4.07. The Morgan fingerprint density at radius 2 is 1.79 bits per heavy atom. The van der Waals surface area contributed by atoms with Crippen LogP contribution in [0.1, 0.15) is 17.2 Å². The van der Waals surface area contributed by atoms with Gasteiger partial charge in [0, 0.05) is 5.56 Å². The Balaban J connectivity index is 2.51. The zero-order chi connectivity index (χ0) is 14.0. The molecule has 0 aliphatic heterocycles. The lowest BCUT2D eigenvalue weighted by molar-refractivity contribution is 0.555. The molecule has 0 aliphatic carbocycles. The highest BCUT2D eigenvalue weighted by Gasteiger charge is 2.19. The van der Waals surface area contributed by atoms with Crippen molar-refractivity contribution in [2.24, 2.45) is 0 Å². The zero-order valence-corrected chi connectivity index (χ0v) is 10.8. The minimum atomic E-state index is -0.713. The molecule has 0 saturated heterocycles.